The lowest BCUT2D eigenvalue weighted by Crippen LogP contribution is -2.50. The monoisotopic (exact) mass is 377 g/mol. The molecule has 3 atom stereocenters. The van der Waals surface area contributed by atoms with E-state index in [1.165, 1.54) is 29.1 Å². The standard InChI is InChI=1S/C21H23N5O2/c1-26-11-13(21(27)23-18-6-7-19(28-2)25-24-18)8-15-14-4-3-5-16-20(14)12(10-22-16)9-17(15)26/h3-7,10,13,15,17,22H,8-9,11H2,1-2H3,(H,23,24,27)/t13?,15-,17-/m1/s1. The van der Waals surface area contributed by atoms with Crippen molar-refractivity contribution in [2.45, 2.75) is 24.8 Å². The van der Waals surface area contributed by atoms with Gasteiger partial charge in [-0.1, -0.05) is 12.1 Å². The average molecular weight is 377 g/mol. The van der Waals surface area contributed by atoms with Gasteiger partial charge in [-0.05, 0) is 43.1 Å². The maximum absolute atomic E-state index is 12.9. The Hall–Kier alpha value is -2.93. The Bertz CT molecular complexity index is 1030. The van der Waals surface area contributed by atoms with Gasteiger partial charge in [0.15, 0.2) is 5.82 Å². The zero-order valence-corrected chi connectivity index (χ0v) is 16.0. The number of likely N-dealkylation sites (N-methyl/N-ethyl adjacent to an activating group) is 1. The van der Waals surface area contributed by atoms with Gasteiger partial charge in [0.05, 0.1) is 13.0 Å². The van der Waals surface area contributed by atoms with Crippen LogP contribution in [0.2, 0.25) is 0 Å². The van der Waals surface area contributed by atoms with Gasteiger partial charge in [0, 0.05) is 41.7 Å². The van der Waals surface area contributed by atoms with Gasteiger partial charge in [-0.3, -0.25) is 4.79 Å². The molecule has 1 aromatic carbocycles. The first-order valence-electron chi connectivity index (χ1n) is 9.61. The minimum Gasteiger partial charge on any atom is -0.480 e. The van der Waals surface area contributed by atoms with E-state index < -0.39 is 0 Å². The summed E-state index contributed by atoms with van der Waals surface area (Å²) in [6.07, 6.45) is 4.00. The zero-order chi connectivity index (χ0) is 19.3. The second-order valence-corrected chi connectivity index (χ2v) is 7.78. The molecule has 1 aliphatic carbocycles. The van der Waals surface area contributed by atoms with Crippen LogP contribution in [0.3, 0.4) is 0 Å². The molecular formula is C21H23N5O2. The number of fused-ring (bicyclic) bond motifs is 2. The molecule has 1 saturated heterocycles. The van der Waals surface area contributed by atoms with Gasteiger partial charge in [-0.2, -0.15) is 0 Å². The van der Waals surface area contributed by atoms with Gasteiger partial charge in [0.25, 0.3) is 0 Å². The molecule has 1 aliphatic heterocycles. The molecule has 1 fully saturated rings. The number of likely N-dealkylation sites (tertiary alicyclic amines) is 1. The fourth-order valence-electron chi connectivity index (χ4n) is 4.86. The van der Waals surface area contributed by atoms with E-state index in [-0.39, 0.29) is 11.8 Å². The molecule has 7 heteroatoms. The third-order valence-electron chi connectivity index (χ3n) is 6.20. The second-order valence-electron chi connectivity index (χ2n) is 7.78. The summed E-state index contributed by atoms with van der Waals surface area (Å²) in [4.78, 5) is 18.7. The first-order valence-corrected chi connectivity index (χ1v) is 9.61. The third kappa shape index (κ3) is 2.74. The van der Waals surface area contributed by atoms with Crippen molar-refractivity contribution in [1.82, 2.24) is 20.1 Å². The van der Waals surface area contributed by atoms with E-state index in [0.29, 0.717) is 23.7 Å². The lowest BCUT2D eigenvalue weighted by atomic mass is 9.72. The van der Waals surface area contributed by atoms with Crippen LogP contribution in [0.25, 0.3) is 10.9 Å². The highest BCUT2D eigenvalue weighted by Crippen LogP contribution is 2.44. The molecule has 3 heterocycles. The number of benzene rings is 1. The van der Waals surface area contributed by atoms with E-state index in [1.807, 2.05) is 0 Å². The predicted molar refractivity (Wildman–Crippen MR) is 106 cm³/mol. The molecule has 1 amide bonds. The van der Waals surface area contributed by atoms with Crippen LogP contribution >= 0.6 is 0 Å². The quantitative estimate of drug-likeness (QED) is 0.733. The molecule has 2 N–H and O–H groups in total. The van der Waals surface area contributed by atoms with Crippen LogP contribution in [-0.4, -0.2) is 52.7 Å². The Morgan fingerprint density at radius 3 is 2.96 bits per heavy atom. The van der Waals surface area contributed by atoms with Crippen LogP contribution in [-0.2, 0) is 11.2 Å². The number of ether oxygens (including phenoxy) is 1. The molecule has 28 heavy (non-hydrogen) atoms. The van der Waals surface area contributed by atoms with Crippen molar-refractivity contribution in [2.24, 2.45) is 5.92 Å². The fraction of sp³-hybridized carbons (Fsp3) is 0.381. The van der Waals surface area contributed by atoms with E-state index in [4.69, 9.17) is 4.74 Å². The number of carbonyl (C=O) groups excluding carboxylic acids is 1. The average Bonchev–Trinajstić information content (AvgIpc) is 3.13. The summed E-state index contributed by atoms with van der Waals surface area (Å²) in [5.74, 6) is 1.14. The van der Waals surface area contributed by atoms with Crippen molar-refractivity contribution >= 4 is 22.6 Å². The molecule has 2 aromatic heterocycles. The number of nitrogens with one attached hydrogen (secondary N) is 2. The largest absolute Gasteiger partial charge is 0.480 e. The first-order chi connectivity index (χ1) is 13.6. The molecule has 0 saturated carbocycles. The lowest BCUT2D eigenvalue weighted by Gasteiger charge is -2.45. The van der Waals surface area contributed by atoms with Crippen LogP contribution in [0.4, 0.5) is 5.82 Å². The summed E-state index contributed by atoms with van der Waals surface area (Å²) in [5.41, 5.74) is 3.93. The molecule has 7 nitrogen and oxygen atoms in total. The summed E-state index contributed by atoms with van der Waals surface area (Å²) in [5, 5.41) is 12.2. The maximum atomic E-state index is 12.9. The number of H-pyrrole nitrogens is 1. The summed E-state index contributed by atoms with van der Waals surface area (Å²) < 4.78 is 5.02. The van der Waals surface area contributed by atoms with E-state index in [9.17, 15) is 4.79 Å². The maximum Gasteiger partial charge on any atom is 0.233 e. The molecule has 0 spiro atoms. The number of piperidine rings is 1. The van der Waals surface area contributed by atoms with E-state index in [1.54, 1.807) is 12.1 Å². The minimum atomic E-state index is -0.0918. The Labute approximate surface area is 163 Å². The number of rotatable bonds is 3. The van der Waals surface area contributed by atoms with Crippen molar-refractivity contribution in [3.8, 4) is 5.88 Å². The number of aromatic nitrogens is 3. The predicted octanol–water partition coefficient (Wildman–Crippen LogP) is 2.57. The fourth-order valence-corrected chi connectivity index (χ4v) is 4.86. The summed E-state index contributed by atoms with van der Waals surface area (Å²) in [6, 6.07) is 10.3. The highest BCUT2D eigenvalue weighted by atomic mass is 16.5. The number of hydrogen-bond donors (Lipinski definition) is 2. The molecule has 0 radical (unpaired) electrons. The topological polar surface area (TPSA) is 83.1 Å². The van der Waals surface area contributed by atoms with Crippen molar-refractivity contribution in [1.29, 1.82) is 0 Å². The number of aromatic amines is 1. The number of methoxy groups -OCH3 is 1. The first kappa shape index (κ1) is 17.2. The molecule has 1 unspecified atom stereocenters. The van der Waals surface area contributed by atoms with Crippen LogP contribution in [0, 0.1) is 5.92 Å². The van der Waals surface area contributed by atoms with Crippen LogP contribution < -0.4 is 10.1 Å². The van der Waals surface area contributed by atoms with Crippen molar-refractivity contribution in [3.05, 3.63) is 47.7 Å². The van der Waals surface area contributed by atoms with Crippen molar-refractivity contribution < 1.29 is 9.53 Å². The molecule has 144 valence electrons. The Morgan fingerprint density at radius 2 is 2.18 bits per heavy atom. The summed E-state index contributed by atoms with van der Waals surface area (Å²) >= 11 is 0. The van der Waals surface area contributed by atoms with Crippen LogP contribution in [0.1, 0.15) is 23.5 Å². The van der Waals surface area contributed by atoms with Gasteiger partial charge in [0.1, 0.15) is 0 Å². The smallest absolute Gasteiger partial charge is 0.233 e. The van der Waals surface area contributed by atoms with Crippen LogP contribution in [0.15, 0.2) is 36.5 Å². The highest BCUT2D eigenvalue weighted by Gasteiger charge is 2.41. The number of hydrogen-bond acceptors (Lipinski definition) is 5. The van der Waals surface area contributed by atoms with Gasteiger partial charge >= 0.3 is 0 Å². The van der Waals surface area contributed by atoms with Crippen molar-refractivity contribution in [3.63, 3.8) is 0 Å². The summed E-state index contributed by atoms with van der Waals surface area (Å²) in [7, 11) is 3.67. The van der Waals surface area contributed by atoms with Gasteiger partial charge in [0.2, 0.25) is 11.8 Å². The Morgan fingerprint density at radius 1 is 1.29 bits per heavy atom. The molecular weight excluding hydrogens is 354 g/mol. The number of anilines is 1. The summed E-state index contributed by atoms with van der Waals surface area (Å²) in [6.45, 7) is 0.742. The minimum absolute atomic E-state index is 0.00296. The third-order valence-corrected chi connectivity index (χ3v) is 6.20. The Kier molecular flexibility index (Phi) is 4.05. The van der Waals surface area contributed by atoms with E-state index in [0.717, 1.165) is 19.4 Å². The van der Waals surface area contributed by atoms with Gasteiger partial charge in [-0.15, -0.1) is 10.2 Å². The van der Waals surface area contributed by atoms with E-state index >= 15 is 0 Å². The molecule has 0 bridgehead atoms. The highest BCUT2D eigenvalue weighted by molar-refractivity contribution is 5.92. The molecule has 2 aliphatic rings. The molecule has 3 aromatic rings. The van der Waals surface area contributed by atoms with Gasteiger partial charge in [-0.25, -0.2) is 0 Å². The Balaban J connectivity index is 1.39. The normalized spacial score (nSPS) is 24.0. The number of carbonyl (C=O) groups is 1. The molecule has 5 rings (SSSR count). The zero-order valence-electron chi connectivity index (χ0n) is 16.0. The lowest BCUT2D eigenvalue weighted by molar-refractivity contribution is -0.122. The second kappa shape index (κ2) is 6.60. The van der Waals surface area contributed by atoms with E-state index in [2.05, 4.69) is 56.8 Å². The van der Waals surface area contributed by atoms with Crippen molar-refractivity contribution in [2.75, 3.05) is 26.0 Å². The number of amides is 1. The van der Waals surface area contributed by atoms with Crippen LogP contribution in [0.5, 0.6) is 5.88 Å². The van der Waals surface area contributed by atoms with Gasteiger partial charge < -0.3 is 19.9 Å². The number of nitrogens with zero attached hydrogens (tertiary/aromatic N) is 3. The SMILES string of the molecule is COc1ccc(NC(=O)C2C[C@@H]3c4cccc5[nH]cc(c45)C[C@H]3N(C)C2)nn1.